The fourth-order valence-electron chi connectivity index (χ4n) is 1.07. The summed E-state index contributed by atoms with van der Waals surface area (Å²) in [7, 11) is -3.02. The zero-order chi connectivity index (χ0) is 9.90. The monoisotopic (exact) mass is 225 g/mol. The first-order chi connectivity index (χ1) is 5.99. The van der Waals surface area contributed by atoms with E-state index in [4.69, 9.17) is 11.6 Å². The molecule has 0 aromatic rings. The molecule has 1 saturated carbocycles. The zero-order valence-electron chi connectivity index (χ0n) is 7.79. The van der Waals surface area contributed by atoms with Crippen molar-refractivity contribution in [3.05, 3.63) is 0 Å². The molecule has 0 radical (unpaired) electrons. The highest BCUT2D eigenvalue weighted by Gasteiger charge is 2.27. The molecule has 0 aromatic heterocycles. The van der Waals surface area contributed by atoms with Crippen LogP contribution in [0.15, 0.2) is 0 Å². The molecule has 1 rings (SSSR count). The number of alkyl halides is 1. The third kappa shape index (κ3) is 5.49. The van der Waals surface area contributed by atoms with Crippen LogP contribution in [0.1, 0.15) is 26.2 Å². The Hall–Kier alpha value is 0.200. The Labute approximate surface area is 84.9 Å². The first-order valence-electron chi connectivity index (χ1n) is 4.61. The number of sulfonamides is 1. The van der Waals surface area contributed by atoms with Gasteiger partial charge in [0.1, 0.15) is 0 Å². The van der Waals surface area contributed by atoms with Gasteiger partial charge >= 0.3 is 0 Å². The van der Waals surface area contributed by atoms with Gasteiger partial charge in [-0.05, 0) is 32.1 Å². The normalized spacial score (nSPS) is 20.2. The minimum absolute atomic E-state index is 0.0311. The fraction of sp³-hybridized carbons (Fsp3) is 1.00. The molecule has 1 aliphatic carbocycles. The molecule has 5 heteroatoms. The molecule has 0 amide bonds. The Morgan fingerprint density at radius 2 is 2.15 bits per heavy atom. The molecule has 0 heterocycles. The highest BCUT2D eigenvalue weighted by molar-refractivity contribution is 7.89. The number of rotatable bonds is 6. The Bertz CT molecular complexity index is 247. The maximum atomic E-state index is 11.3. The third-order valence-corrected chi connectivity index (χ3v) is 3.79. The van der Waals surface area contributed by atoms with Gasteiger partial charge in [0.15, 0.2) is 0 Å². The summed E-state index contributed by atoms with van der Waals surface area (Å²) in [6.45, 7) is 2.32. The summed E-state index contributed by atoms with van der Waals surface area (Å²) in [4.78, 5) is 0. The lowest BCUT2D eigenvalue weighted by Gasteiger charge is -2.06. The summed E-state index contributed by atoms with van der Waals surface area (Å²) in [5.74, 6) is 0.704. The Balaban J connectivity index is 2.17. The van der Waals surface area contributed by atoms with Gasteiger partial charge < -0.3 is 0 Å². The lowest BCUT2D eigenvalue weighted by molar-refractivity contribution is 0.575. The maximum Gasteiger partial charge on any atom is 0.211 e. The molecule has 1 aliphatic rings. The molecule has 0 saturated heterocycles. The van der Waals surface area contributed by atoms with Crippen molar-refractivity contribution >= 4 is 21.6 Å². The van der Waals surface area contributed by atoms with E-state index in [-0.39, 0.29) is 5.38 Å². The van der Waals surface area contributed by atoms with E-state index in [0.717, 1.165) is 12.8 Å². The van der Waals surface area contributed by atoms with Gasteiger partial charge in [-0.3, -0.25) is 0 Å². The lowest BCUT2D eigenvalue weighted by atomic mass is 10.3. The lowest BCUT2D eigenvalue weighted by Crippen LogP contribution is -2.29. The van der Waals surface area contributed by atoms with Crippen molar-refractivity contribution in [1.82, 2.24) is 4.72 Å². The molecule has 78 valence electrons. The molecular weight excluding hydrogens is 210 g/mol. The molecule has 1 unspecified atom stereocenters. The topological polar surface area (TPSA) is 46.2 Å². The molecule has 0 aliphatic heterocycles. The van der Waals surface area contributed by atoms with Gasteiger partial charge in [0.2, 0.25) is 10.0 Å². The second-order valence-corrected chi connectivity index (χ2v) is 6.29. The van der Waals surface area contributed by atoms with Crippen LogP contribution < -0.4 is 4.72 Å². The molecule has 3 nitrogen and oxygen atoms in total. The van der Waals surface area contributed by atoms with Gasteiger partial charge in [0.05, 0.1) is 5.75 Å². The molecule has 1 fully saturated rings. The van der Waals surface area contributed by atoms with Gasteiger partial charge in [-0.1, -0.05) is 0 Å². The quantitative estimate of drug-likeness (QED) is 0.694. The molecular formula is C8H16ClNO2S. The van der Waals surface area contributed by atoms with Crippen LogP contribution in [0.4, 0.5) is 0 Å². The molecule has 13 heavy (non-hydrogen) atoms. The first kappa shape index (κ1) is 11.3. The van der Waals surface area contributed by atoms with E-state index >= 15 is 0 Å². The van der Waals surface area contributed by atoms with E-state index in [9.17, 15) is 8.42 Å². The minimum atomic E-state index is -3.02. The van der Waals surface area contributed by atoms with E-state index < -0.39 is 10.0 Å². The number of halogens is 1. The SMILES string of the molecule is CC(Cl)CCNS(=O)(=O)CC1CC1. The van der Waals surface area contributed by atoms with Gasteiger partial charge in [-0.25, -0.2) is 13.1 Å². The van der Waals surface area contributed by atoms with Crippen LogP contribution in [-0.2, 0) is 10.0 Å². The second-order valence-electron chi connectivity index (χ2n) is 3.69. The number of hydrogen-bond donors (Lipinski definition) is 1. The summed E-state index contributed by atoms with van der Waals surface area (Å²) in [6, 6.07) is 0. The summed E-state index contributed by atoms with van der Waals surface area (Å²) in [5.41, 5.74) is 0. The average Bonchev–Trinajstić information content (AvgIpc) is 2.68. The van der Waals surface area contributed by atoms with Crippen molar-refractivity contribution in [2.24, 2.45) is 5.92 Å². The van der Waals surface area contributed by atoms with Crippen LogP contribution in [-0.4, -0.2) is 26.1 Å². The maximum absolute atomic E-state index is 11.3. The van der Waals surface area contributed by atoms with Crippen LogP contribution in [0.3, 0.4) is 0 Å². The summed E-state index contributed by atoms with van der Waals surface area (Å²) in [5, 5.41) is 0.0311. The third-order valence-electron chi connectivity index (χ3n) is 2.02. The summed E-state index contributed by atoms with van der Waals surface area (Å²) < 4.78 is 25.2. The van der Waals surface area contributed by atoms with Gasteiger partial charge in [0, 0.05) is 11.9 Å². The largest absolute Gasteiger partial charge is 0.215 e. The van der Waals surface area contributed by atoms with Crippen molar-refractivity contribution in [2.75, 3.05) is 12.3 Å². The van der Waals surface area contributed by atoms with E-state index in [1.54, 1.807) is 0 Å². The van der Waals surface area contributed by atoms with Gasteiger partial charge in [0.25, 0.3) is 0 Å². The molecule has 0 bridgehead atoms. The first-order valence-corrected chi connectivity index (χ1v) is 6.70. The predicted molar refractivity (Wildman–Crippen MR) is 54.4 cm³/mol. The Morgan fingerprint density at radius 3 is 2.62 bits per heavy atom. The highest BCUT2D eigenvalue weighted by atomic mass is 35.5. The van der Waals surface area contributed by atoms with Crippen LogP contribution >= 0.6 is 11.6 Å². The van der Waals surface area contributed by atoms with Crippen molar-refractivity contribution in [2.45, 2.75) is 31.6 Å². The summed E-state index contributed by atoms with van der Waals surface area (Å²) >= 11 is 5.69. The van der Waals surface area contributed by atoms with Gasteiger partial charge in [-0.15, -0.1) is 11.6 Å². The number of nitrogens with one attached hydrogen (secondary N) is 1. The second kappa shape index (κ2) is 4.62. The standard InChI is InChI=1S/C8H16ClNO2S/c1-7(9)4-5-10-13(11,12)6-8-2-3-8/h7-8,10H,2-6H2,1H3. The molecule has 0 spiro atoms. The van der Waals surface area contributed by atoms with Crippen molar-refractivity contribution in [1.29, 1.82) is 0 Å². The van der Waals surface area contributed by atoms with Crippen LogP contribution in [0.5, 0.6) is 0 Å². The molecule has 0 aromatic carbocycles. The molecule has 1 N–H and O–H groups in total. The Morgan fingerprint density at radius 1 is 1.54 bits per heavy atom. The average molecular weight is 226 g/mol. The van der Waals surface area contributed by atoms with E-state index in [0.29, 0.717) is 24.6 Å². The van der Waals surface area contributed by atoms with Crippen molar-refractivity contribution in [3.63, 3.8) is 0 Å². The van der Waals surface area contributed by atoms with Crippen molar-refractivity contribution in [3.8, 4) is 0 Å². The Kier molecular flexibility index (Phi) is 4.01. The van der Waals surface area contributed by atoms with E-state index in [1.165, 1.54) is 0 Å². The van der Waals surface area contributed by atoms with Crippen LogP contribution in [0, 0.1) is 5.92 Å². The highest BCUT2D eigenvalue weighted by Crippen LogP contribution is 2.29. The predicted octanol–water partition coefficient (Wildman–Crippen LogP) is 1.33. The van der Waals surface area contributed by atoms with E-state index in [2.05, 4.69) is 4.72 Å². The van der Waals surface area contributed by atoms with Gasteiger partial charge in [-0.2, -0.15) is 0 Å². The van der Waals surface area contributed by atoms with Crippen LogP contribution in [0.25, 0.3) is 0 Å². The fourth-order valence-corrected chi connectivity index (χ4v) is 2.68. The minimum Gasteiger partial charge on any atom is -0.215 e. The van der Waals surface area contributed by atoms with Crippen molar-refractivity contribution < 1.29 is 8.42 Å². The summed E-state index contributed by atoms with van der Waals surface area (Å²) in [6.07, 6.45) is 2.81. The molecule has 1 atom stereocenters. The van der Waals surface area contributed by atoms with Crippen LogP contribution in [0.2, 0.25) is 0 Å². The van der Waals surface area contributed by atoms with E-state index in [1.807, 2.05) is 6.92 Å². The number of hydrogen-bond acceptors (Lipinski definition) is 2. The smallest absolute Gasteiger partial charge is 0.211 e. The zero-order valence-corrected chi connectivity index (χ0v) is 9.37.